The van der Waals surface area contributed by atoms with Crippen LogP contribution in [0.25, 0.3) is 21.1 Å². The fourth-order valence-electron chi connectivity index (χ4n) is 6.19. The molecule has 2 aromatic carbocycles. The van der Waals surface area contributed by atoms with Gasteiger partial charge in [-0.3, -0.25) is 4.90 Å². The number of nitriles is 1. The lowest BCUT2D eigenvalue weighted by atomic mass is 10.0. The Morgan fingerprint density at radius 1 is 1.13 bits per heavy atom. The highest BCUT2D eigenvalue weighted by Crippen LogP contribution is 2.34. The number of aliphatic hydroxyl groups is 1. The molecule has 1 unspecified atom stereocenters. The van der Waals surface area contributed by atoms with Crippen molar-refractivity contribution in [3.05, 3.63) is 82.1 Å². The summed E-state index contributed by atoms with van der Waals surface area (Å²) in [5.74, 6) is 0.561. The quantitative estimate of drug-likeness (QED) is 0.190. The Labute approximate surface area is 274 Å². The molecule has 1 aliphatic heterocycles. The lowest BCUT2D eigenvalue weighted by Crippen LogP contribution is -2.39. The molecule has 1 fully saturated rings. The molecule has 0 radical (unpaired) electrons. The van der Waals surface area contributed by atoms with Crippen LogP contribution in [-0.2, 0) is 29.3 Å². The van der Waals surface area contributed by atoms with Crippen molar-refractivity contribution in [3.8, 4) is 6.07 Å². The number of sulfone groups is 1. The Kier molecular flexibility index (Phi) is 9.01. The first-order valence-corrected chi connectivity index (χ1v) is 17.8. The third-order valence-corrected chi connectivity index (χ3v) is 10.8. The van der Waals surface area contributed by atoms with Crippen LogP contribution in [0.1, 0.15) is 46.2 Å². The molecule has 4 heterocycles. The predicted molar refractivity (Wildman–Crippen MR) is 175 cm³/mol. The van der Waals surface area contributed by atoms with Crippen molar-refractivity contribution in [2.24, 2.45) is 0 Å². The minimum Gasteiger partial charge on any atom is -0.387 e. The second-order valence-corrected chi connectivity index (χ2v) is 15.2. The van der Waals surface area contributed by atoms with Crippen molar-refractivity contribution in [3.63, 3.8) is 0 Å². The second-order valence-electron chi connectivity index (χ2n) is 12.0. The average molecular weight is 683 g/mol. The highest BCUT2D eigenvalue weighted by molar-refractivity contribution is 7.90. The number of aromatic nitrogens is 3. The van der Waals surface area contributed by atoms with Crippen LogP contribution >= 0.6 is 11.3 Å². The Balaban J connectivity index is 1.13. The molecule has 1 saturated heterocycles. The Morgan fingerprint density at radius 3 is 2.60 bits per heavy atom. The summed E-state index contributed by atoms with van der Waals surface area (Å²) < 4.78 is 64.6. The zero-order chi connectivity index (χ0) is 33.5. The van der Waals surface area contributed by atoms with Crippen LogP contribution in [-0.4, -0.2) is 64.5 Å². The molecule has 5 aromatic rings. The minimum absolute atomic E-state index is 0.0899. The maximum absolute atomic E-state index is 12.9. The van der Waals surface area contributed by atoms with E-state index in [0.29, 0.717) is 33.8 Å². The fraction of sp³-hybridized carbons (Fsp3) is 0.364. The van der Waals surface area contributed by atoms with Crippen molar-refractivity contribution < 1.29 is 26.7 Å². The van der Waals surface area contributed by atoms with Crippen molar-refractivity contribution in [1.29, 1.82) is 5.26 Å². The Hall–Kier alpha value is -4.03. The smallest absolute Gasteiger partial charge is 0.387 e. The normalized spacial score (nSPS) is 15.7. The summed E-state index contributed by atoms with van der Waals surface area (Å²) in [5.41, 5.74) is 3.84. The van der Waals surface area contributed by atoms with E-state index >= 15 is 0 Å². The highest BCUT2D eigenvalue weighted by Gasteiger charge is 2.29. The summed E-state index contributed by atoms with van der Waals surface area (Å²) in [7, 11) is -3.43. The maximum atomic E-state index is 12.9. The molecule has 1 atom stereocenters. The van der Waals surface area contributed by atoms with E-state index in [1.54, 1.807) is 16.7 Å². The van der Waals surface area contributed by atoms with Gasteiger partial charge in [-0.1, -0.05) is 18.2 Å². The van der Waals surface area contributed by atoms with Crippen molar-refractivity contribution >= 4 is 48.1 Å². The van der Waals surface area contributed by atoms with Gasteiger partial charge in [0.05, 0.1) is 29.4 Å². The molecule has 1 aliphatic rings. The van der Waals surface area contributed by atoms with Crippen LogP contribution in [0.3, 0.4) is 0 Å². The number of hydrogen-bond acceptors (Lipinski definition) is 9. The number of rotatable bonds is 9. The second kappa shape index (κ2) is 12.9. The molecular weight excluding hydrogens is 650 g/mol. The van der Waals surface area contributed by atoms with Crippen LogP contribution in [0, 0.1) is 18.3 Å². The summed E-state index contributed by atoms with van der Waals surface area (Å²) >= 11 is 1.04. The lowest BCUT2D eigenvalue weighted by Gasteiger charge is -2.33. The number of fused-ring (bicyclic) bond motifs is 2. The van der Waals surface area contributed by atoms with Gasteiger partial charge in [0.1, 0.15) is 28.7 Å². The monoisotopic (exact) mass is 682 g/mol. The van der Waals surface area contributed by atoms with Crippen LogP contribution in [0.15, 0.2) is 59.8 Å². The van der Waals surface area contributed by atoms with Crippen LogP contribution in [0.2, 0.25) is 0 Å². The number of nitrogens with zero attached hydrogens (tertiary/aromatic N) is 5. The van der Waals surface area contributed by atoms with Gasteiger partial charge in [0.15, 0.2) is 9.84 Å². The zero-order valence-corrected chi connectivity index (χ0v) is 27.4. The SMILES string of the molecule is Cc1c(CN2CCC(Nc3ncnc4sc(CC(F)(F)F)cc34)CC2)ccc2c1cc(C#N)n2CC(O)c1cccc(S(C)(=O)=O)c1. The number of piperidine rings is 1. The standard InChI is InChI=1S/C33H33F3N6O3S2/c1-20-22(6-7-29-27(20)13-24(16-37)42(29)18-30(43)21-4-3-5-26(12-21)47(2,44)45)17-41-10-8-23(9-11-41)40-31-28-14-25(15-33(34,35)36)46-32(28)39-19-38-31/h3-7,12-14,19,23,30,43H,8-11,15,17-18H2,1-2H3,(H,38,39,40). The van der Waals surface area contributed by atoms with E-state index in [1.807, 2.05) is 25.1 Å². The highest BCUT2D eigenvalue weighted by atomic mass is 32.2. The van der Waals surface area contributed by atoms with Gasteiger partial charge in [-0.05, 0) is 66.8 Å². The minimum atomic E-state index is -4.28. The van der Waals surface area contributed by atoms with Crippen molar-refractivity contribution in [2.45, 2.75) is 62.5 Å². The van der Waals surface area contributed by atoms with Crippen molar-refractivity contribution in [1.82, 2.24) is 19.4 Å². The average Bonchev–Trinajstić information content (AvgIpc) is 3.59. The van der Waals surface area contributed by atoms with Gasteiger partial charge in [0.25, 0.3) is 0 Å². The van der Waals surface area contributed by atoms with Gasteiger partial charge in [0, 0.05) is 47.7 Å². The van der Waals surface area contributed by atoms with Crippen LogP contribution in [0.5, 0.6) is 0 Å². The van der Waals surface area contributed by atoms with Crippen LogP contribution < -0.4 is 5.32 Å². The molecule has 47 heavy (non-hydrogen) atoms. The van der Waals surface area contributed by atoms with E-state index in [-0.39, 0.29) is 22.4 Å². The summed E-state index contributed by atoms with van der Waals surface area (Å²) in [4.78, 5) is 11.7. The number of aryl methyl sites for hydroxylation is 1. The van der Waals surface area contributed by atoms with Crippen LogP contribution in [0.4, 0.5) is 19.0 Å². The summed E-state index contributed by atoms with van der Waals surface area (Å²) in [6.45, 7) is 4.46. The van der Waals surface area contributed by atoms with E-state index in [9.17, 15) is 32.0 Å². The first-order chi connectivity index (χ1) is 22.3. The zero-order valence-electron chi connectivity index (χ0n) is 25.8. The molecular formula is C33H33F3N6O3S2. The number of aliphatic hydroxyl groups excluding tert-OH is 1. The number of hydrogen-bond donors (Lipinski definition) is 2. The molecule has 0 aliphatic carbocycles. The van der Waals surface area contributed by atoms with Gasteiger partial charge < -0.3 is 15.0 Å². The number of thiophene rings is 1. The summed E-state index contributed by atoms with van der Waals surface area (Å²) in [6.07, 6.45) is -2.11. The number of anilines is 1. The predicted octanol–water partition coefficient (Wildman–Crippen LogP) is 6.14. The summed E-state index contributed by atoms with van der Waals surface area (Å²) in [5, 5.41) is 25.9. The Bertz CT molecular complexity index is 2090. The van der Waals surface area contributed by atoms with E-state index in [2.05, 4.69) is 26.3 Å². The van der Waals surface area contributed by atoms with E-state index in [0.717, 1.165) is 65.6 Å². The molecule has 0 bridgehead atoms. The largest absolute Gasteiger partial charge is 0.393 e. The number of halogens is 3. The summed E-state index contributed by atoms with van der Waals surface area (Å²) in [6, 6.07) is 15.9. The molecule has 246 valence electrons. The maximum Gasteiger partial charge on any atom is 0.393 e. The van der Waals surface area contributed by atoms with Gasteiger partial charge in [-0.25, -0.2) is 18.4 Å². The van der Waals surface area contributed by atoms with E-state index in [1.165, 1.54) is 24.5 Å². The Morgan fingerprint density at radius 2 is 1.89 bits per heavy atom. The molecule has 0 amide bonds. The third kappa shape index (κ3) is 7.28. The fourth-order valence-corrected chi connectivity index (χ4v) is 7.89. The number of benzene rings is 2. The molecule has 9 nitrogen and oxygen atoms in total. The van der Waals surface area contributed by atoms with Gasteiger partial charge in [-0.15, -0.1) is 11.3 Å². The molecule has 0 spiro atoms. The molecule has 3 aromatic heterocycles. The van der Waals surface area contributed by atoms with Gasteiger partial charge in [0.2, 0.25) is 0 Å². The third-order valence-electron chi connectivity index (χ3n) is 8.69. The topological polar surface area (TPSA) is 124 Å². The molecule has 0 saturated carbocycles. The molecule has 14 heteroatoms. The lowest BCUT2D eigenvalue weighted by molar-refractivity contribution is -0.126. The van der Waals surface area contributed by atoms with Crippen molar-refractivity contribution in [2.75, 3.05) is 24.7 Å². The first kappa shape index (κ1) is 32.9. The van der Waals surface area contributed by atoms with E-state index in [4.69, 9.17) is 0 Å². The molecule has 2 N–H and O–H groups in total. The molecule has 6 rings (SSSR count). The number of nitrogens with one attached hydrogen (secondary N) is 1. The van der Waals surface area contributed by atoms with E-state index < -0.39 is 28.5 Å². The van der Waals surface area contributed by atoms with Gasteiger partial charge >= 0.3 is 6.18 Å². The number of likely N-dealkylation sites (tertiary alicyclic amines) is 1. The first-order valence-electron chi connectivity index (χ1n) is 15.1. The number of alkyl halides is 3. The van der Waals surface area contributed by atoms with Gasteiger partial charge in [-0.2, -0.15) is 18.4 Å².